The molecular formula is C19H12ClF3N4OS. The van der Waals surface area contributed by atoms with E-state index in [1.807, 2.05) is 0 Å². The normalized spacial score (nSPS) is 11.7. The van der Waals surface area contributed by atoms with Crippen molar-refractivity contribution in [2.45, 2.75) is 11.9 Å². The van der Waals surface area contributed by atoms with Crippen LogP contribution in [0.3, 0.4) is 0 Å². The summed E-state index contributed by atoms with van der Waals surface area (Å²) in [6.07, 6.45) is 0. The lowest BCUT2D eigenvalue weighted by Crippen LogP contribution is -2.23. The Morgan fingerprint density at radius 1 is 1.21 bits per heavy atom. The first-order chi connectivity index (χ1) is 13.8. The quantitative estimate of drug-likeness (QED) is 0.456. The zero-order valence-electron chi connectivity index (χ0n) is 14.6. The number of amides is 1. The predicted octanol–water partition coefficient (Wildman–Crippen LogP) is 4.82. The molecule has 0 fully saturated rings. The smallest absolute Gasteiger partial charge is 0.347 e. The van der Waals surface area contributed by atoms with Gasteiger partial charge in [0.25, 0.3) is 5.91 Å². The van der Waals surface area contributed by atoms with Crippen molar-refractivity contribution in [1.29, 1.82) is 0 Å². The van der Waals surface area contributed by atoms with E-state index >= 15 is 0 Å². The highest BCUT2D eigenvalue weighted by molar-refractivity contribution is 7.13. The molecule has 0 saturated heterocycles. The number of aromatic nitrogens is 3. The molecule has 0 radical (unpaired) electrons. The number of nitrogens with zero attached hydrogens (tertiary/aromatic N) is 3. The maximum Gasteiger partial charge on any atom is 0.364 e. The summed E-state index contributed by atoms with van der Waals surface area (Å²) in [5, 5.41) is 4.65. The van der Waals surface area contributed by atoms with Crippen LogP contribution in [-0.2, 0) is 11.9 Å². The minimum Gasteiger partial charge on any atom is -0.347 e. The van der Waals surface area contributed by atoms with E-state index in [9.17, 15) is 18.0 Å². The fraction of sp³-hybridized carbons (Fsp3) is 0.105. The first-order valence-corrected chi connectivity index (χ1v) is 9.61. The molecule has 0 aliphatic heterocycles. The average molecular weight is 437 g/mol. The molecule has 0 atom stereocenters. The van der Waals surface area contributed by atoms with Gasteiger partial charge in [-0.05, 0) is 46.8 Å². The molecule has 10 heteroatoms. The van der Waals surface area contributed by atoms with E-state index in [2.05, 4.69) is 15.4 Å². The number of thiophene rings is 1. The largest absolute Gasteiger partial charge is 0.364 e. The molecule has 1 aromatic carbocycles. The van der Waals surface area contributed by atoms with Crippen LogP contribution in [0.5, 0.6) is 0 Å². The Hall–Kier alpha value is -2.91. The topological polar surface area (TPSA) is 59.3 Å². The lowest BCUT2D eigenvalue weighted by Gasteiger charge is -2.11. The number of alkyl halides is 3. The number of hydrogen-bond acceptors (Lipinski definition) is 4. The van der Waals surface area contributed by atoms with Crippen LogP contribution in [0.4, 0.5) is 13.2 Å². The average Bonchev–Trinajstić information content (AvgIpc) is 3.35. The Morgan fingerprint density at radius 2 is 1.97 bits per heavy atom. The highest BCUT2D eigenvalue weighted by atomic mass is 35.5. The van der Waals surface area contributed by atoms with Crippen molar-refractivity contribution in [2.75, 3.05) is 0 Å². The molecule has 0 aliphatic carbocycles. The summed E-state index contributed by atoms with van der Waals surface area (Å²) in [7, 11) is 0. The molecule has 1 amide bonds. The van der Waals surface area contributed by atoms with E-state index in [0.717, 1.165) is 10.6 Å². The van der Waals surface area contributed by atoms with Crippen LogP contribution in [0.25, 0.3) is 16.2 Å². The number of rotatable bonds is 5. The Morgan fingerprint density at radius 3 is 2.62 bits per heavy atom. The second-order valence-corrected chi connectivity index (χ2v) is 7.53. The van der Waals surface area contributed by atoms with E-state index in [1.54, 1.807) is 17.5 Å². The molecule has 0 spiro atoms. The molecule has 0 aliphatic rings. The summed E-state index contributed by atoms with van der Waals surface area (Å²) in [4.78, 5) is 17.4. The molecule has 1 N–H and O–H groups in total. The molecule has 0 bridgehead atoms. The third-order valence-electron chi connectivity index (χ3n) is 4.09. The summed E-state index contributed by atoms with van der Waals surface area (Å²) in [6, 6.07) is 11.6. The van der Waals surface area contributed by atoms with Gasteiger partial charge < -0.3 is 5.32 Å². The zero-order valence-corrected chi connectivity index (χ0v) is 16.1. The van der Waals surface area contributed by atoms with E-state index in [1.165, 1.54) is 41.7 Å². The van der Waals surface area contributed by atoms with Crippen LogP contribution >= 0.6 is 22.9 Å². The Kier molecular flexibility index (Phi) is 5.01. The van der Waals surface area contributed by atoms with Gasteiger partial charge in [0, 0.05) is 12.6 Å². The fourth-order valence-electron chi connectivity index (χ4n) is 2.71. The Labute approximate surface area is 171 Å². The minimum absolute atomic E-state index is 0.0677. The molecule has 29 heavy (non-hydrogen) atoms. The standard InChI is InChI=1S/C19H12ClF3N4OS/c20-19(22,23)16-8-13(15-2-1-7-29-15)25-17-9-14(26-27(16)17)18(28)24-10-11-3-5-12(21)6-4-11/h1-9H,10H2,(H,24,28). The summed E-state index contributed by atoms with van der Waals surface area (Å²) >= 11 is 6.60. The fourth-order valence-corrected chi connectivity index (χ4v) is 3.53. The van der Waals surface area contributed by atoms with Crippen LogP contribution in [0, 0.1) is 5.82 Å². The molecule has 3 heterocycles. The van der Waals surface area contributed by atoms with Crippen LogP contribution in [0.1, 0.15) is 21.7 Å². The van der Waals surface area contributed by atoms with Crippen molar-refractivity contribution in [3.8, 4) is 10.6 Å². The summed E-state index contributed by atoms with van der Waals surface area (Å²) in [6.45, 7) is 0.124. The third kappa shape index (κ3) is 4.10. The van der Waals surface area contributed by atoms with Crippen molar-refractivity contribution in [2.24, 2.45) is 0 Å². The Bertz CT molecular complexity index is 1170. The molecule has 0 unspecified atom stereocenters. The second-order valence-electron chi connectivity index (χ2n) is 6.11. The molecular weight excluding hydrogens is 425 g/mol. The minimum atomic E-state index is -3.71. The summed E-state index contributed by atoms with van der Waals surface area (Å²) in [5.41, 5.74) is 0.365. The van der Waals surface area contributed by atoms with Gasteiger partial charge in [-0.1, -0.05) is 18.2 Å². The van der Waals surface area contributed by atoms with Crippen LogP contribution < -0.4 is 5.32 Å². The van der Waals surface area contributed by atoms with Gasteiger partial charge in [0.2, 0.25) is 0 Å². The second kappa shape index (κ2) is 7.49. The van der Waals surface area contributed by atoms with Gasteiger partial charge >= 0.3 is 5.38 Å². The number of carbonyl (C=O) groups excluding carboxylic acids is 1. The molecule has 0 saturated carbocycles. The SMILES string of the molecule is O=C(NCc1ccc(F)cc1)c1cc2nc(-c3cccs3)cc(C(F)(F)Cl)n2n1. The van der Waals surface area contributed by atoms with Crippen molar-refractivity contribution < 1.29 is 18.0 Å². The molecule has 148 valence electrons. The monoisotopic (exact) mass is 436 g/mol. The van der Waals surface area contributed by atoms with Gasteiger partial charge in [-0.2, -0.15) is 13.9 Å². The number of hydrogen-bond donors (Lipinski definition) is 1. The van der Waals surface area contributed by atoms with Gasteiger partial charge in [0.15, 0.2) is 11.3 Å². The van der Waals surface area contributed by atoms with Crippen molar-refractivity contribution in [1.82, 2.24) is 19.9 Å². The summed E-state index contributed by atoms with van der Waals surface area (Å²) < 4.78 is 41.8. The molecule has 4 aromatic rings. The molecule has 5 nitrogen and oxygen atoms in total. The van der Waals surface area contributed by atoms with Gasteiger partial charge in [0.1, 0.15) is 11.5 Å². The third-order valence-corrected chi connectivity index (χ3v) is 5.18. The number of benzene rings is 1. The zero-order chi connectivity index (χ0) is 20.6. The van der Waals surface area contributed by atoms with Crippen LogP contribution in [-0.4, -0.2) is 20.5 Å². The van der Waals surface area contributed by atoms with E-state index < -0.39 is 17.0 Å². The first kappa shape index (κ1) is 19.4. The number of fused-ring (bicyclic) bond motifs is 1. The highest BCUT2D eigenvalue weighted by Crippen LogP contribution is 2.35. The maximum atomic E-state index is 14.0. The molecule has 3 aromatic heterocycles. The lowest BCUT2D eigenvalue weighted by atomic mass is 10.2. The summed E-state index contributed by atoms with van der Waals surface area (Å²) in [5.74, 6) is -0.969. The van der Waals surface area contributed by atoms with E-state index in [0.29, 0.717) is 16.1 Å². The predicted molar refractivity (Wildman–Crippen MR) is 104 cm³/mol. The Balaban J connectivity index is 1.67. The van der Waals surface area contributed by atoms with Crippen molar-refractivity contribution in [3.05, 3.63) is 76.7 Å². The lowest BCUT2D eigenvalue weighted by molar-refractivity contribution is 0.0866. The van der Waals surface area contributed by atoms with Crippen LogP contribution in [0.2, 0.25) is 0 Å². The molecule has 4 rings (SSSR count). The van der Waals surface area contributed by atoms with Crippen molar-refractivity contribution >= 4 is 34.5 Å². The maximum absolute atomic E-state index is 14.0. The van der Waals surface area contributed by atoms with E-state index in [4.69, 9.17) is 11.6 Å². The van der Waals surface area contributed by atoms with Crippen LogP contribution in [0.15, 0.2) is 53.9 Å². The number of halogens is 4. The first-order valence-electron chi connectivity index (χ1n) is 8.36. The van der Waals surface area contributed by atoms with Gasteiger partial charge in [-0.25, -0.2) is 13.9 Å². The van der Waals surface area contributed by atoms with Gasteiger partial charge in [0.05, 0.1) is 10.6 Å². The van der Waals surface area contributed by atoms with Crippen molar-refractivity contribution in [3.63, 3.8) is 0 Å². The van der Waals surface area contributed by atoms with E-state index in [-0.39, 0.29) is 23.7 Å². The van der Waals surface area contributed by atoms with Gasteiger partial charge in [-0.3, -0.25) is 4.79 Å². The number of carbonyl (C=O) groups is 1. The number of nitrogens with one attached hydrogen (secondary N) is 1. The highest BCUT2D eigenvalue weighted by Gasteiger charge is 2.33. The van der Waals surface area contributed by atoms with Gasteiger partial charge in [-0.15, -0.1) is 11.3 Å².